The number of benzene rings is 2. The first-order valence-corrected chi connectivity index (χ1v) is 7.10. The summed E-state index contributed by atoms with van der Waals surface area (Å²) in [7, 11) is 0. The average molecular weight is 280 g/mol. The smallest absolute Gasteiger partial charge is 0.155 e. The lowest BCUT2D eigenvalue weighted by Gasteiger charge is -2.30. The lowest BCUT2D eigenvalue weighted by Crippen LogP contribution is -2.40. The second-order valence-corrected chi connectivity index (χ2v) is 5.19. The van der Waals surface area contributed by atoms with Crippen LogP contribution in [-0.4, -0.2) is 22.2 Å². The van der Waals surface area contributed by atoms with E-state index in [0.29, 0.717) is 13.1 Å². The number of aliphatic hydroxyl groups excluding tert-OH is 1. The maximum atomic E-state index is 9.85. The molecule has 0 saturated heterocycles. The summed E-state index contributed by atoms with van der Waals surface area (Å²) >= 11 is 0. The fourth-order valence-corrected chi connectivity index (χ4v) is 2.29. The molecule has 3 heteroatoms. The van der Waals surface area contributed by atoms with Crippen molar-refractivity contribution < 1.29 is 5.11 Å². The van der Waals surface area contributed by atoms with E-state index in [0.717, 1.165) is 0 Å². The Hall–Kier alpha value is -2.15. The molecule has 0 aliphatic carbocycles. The molecule has 1 N–H and O–H groups in total. The first-order chi connectivity index (χ1) is 10.2. The summed E-state index contributed by atoms with van der Waals surface area (Å²) in [5, 5.41) is 18.8. The molecule has 3 nitrogen and oxygen atoms in total. The molecule has 21 heavy (non-hydrogen) atoms. The van der Waals surface area contributed by atoms with E-state index in [9.17, 15) is 5.11 Å². The molecule has 2 rings (SSSR count). The summed E-state index contributed by atoms with van der Waals surface area (Å²) in [5.74, 6) is 0. The minimum Gasteiger partial charge on any atom is -0.376 e. The Bertz CT molecular complexity index is 536. The molecular formula is C18H20N2O. The molecule has 2 unspecified atom stereocenters. The van der Waals surface area contributed by atoms with Crippen LogP contribution in [-0.2, 0) is 13.1 Å². The van der Waals surface area contributed by atoms with E-state index in [2.05, 4.69) is 29.2 Å². The maximum Gasteiger partial charge on any atom is 0.155 e. The molecule has 0 fully saturated rings. The molecule has 0 amide bonds. The summed E-state index contributed by atoms with van der Waals surface area (Å²) in [5.41, 5.74) is 2.34. The predicted octanol–water partition coefficient (Wildman–Crippen LogP) is 2.96. The van der Waals surface area contributed by atoms with E-state index in [4.69, 9.17) is 5.26 Å². The number of nitriles is 1. The summed E-state index contributed by atoms with van der Waals surface area (Å²) < 4.78 is 0. The second kappa shape index (κ2) is 7.58. The zero-order chi connectivity index (χ0) is 15.1. The van der Waals surface area contributed by atoms with E-state index >= 15 is 0 Å². The fraction of sp³-hybridized carbons (Fsp3) is 0.278. The van der Waals surface area contributed by atoms with Gasteiger partial charge < -0.3 is 5.11 Å². The maximum absolute atomic E-state index is 9.85. The van der Waals surface area contributed by atoms with Gasteiger partial charge in [0.05, 0.1) is 6.07 Å². The highest BCUT2D eigenvalue weighted by Gasteiger charge is 2.21. The Kier molecular flexibility index (Phi) is 5.51. The van der Waals surface area contributed by atoms with Crippen LogP contribution in [0.4, 0.5) is 0 Å². The Morgan fingerprint density at radius 1 is 0.952 bits per heavy atom. The predicted molar refractivity (Wildman–Crippen MR) is 83.2 cm³/mol. The molecule has 0 bridgehead atoms. The largest absolute Gasteiger partial charge is 0.376 e. The molecule has 0 aliphatic heterocycles. The Morgan fingerprint density at radius 2 is 1.38 bits per heavy atom. The van der Waals surface area contributed by atoms with Crippen LogP contribution in [0.1, 0.15) is 18.1 Å². The first-order valence-electron chi connectivity index (χ1n) is 7.10. The molecule has 0 heterocycles. The quantitative estimate of drug-likeness (QED) is 0.828. The van der Waals surface area contributed by atoms with Gasteiger partial charge in [-0.3, -0.25) is 4.90 Å². The van der Waals surface area contributed by atoms with Crippen molar-refractivity contribution >= 4 is 0 Å². The zero-order valence-electron chi connectivity index (χ0n) is 12.2. The van der Waals surface area contributed by atoms with Crippen LogP contribution in [0.3, 0.4) is 0 Å². The van der Waals surface area contributed by atoms with Crippen molar-refractivity contribution in [1.29, 1.82) is 5.26 Å². The zero-order valence-corrected chi connectivity index (χ0v) is 12.2. The average Bonchev–Trinajstić information content (AvgIpc) is 2.54. The van der Waals surface area contributed by atoms with Gasteiger partial charge in [0, 0.05) is 19.1 Å². The van der Waals surface area contributed by atoms with Crippen LogP contribution in [0, 0.1) is 11.3 Å². The topological polar surface area (TPSA) is 47.3 Å². The van der Waals surface area contributed by atoms with Crippen molar-refractivity contribution in [1.82, 2.24) is 4.90 Å². The van der Waals surface area contributed by atoms with Crippen molar-refractivity contribution in [2.45, 2.75) is 32.2 Å². The highest BCUT2D eigenvalue weighted by Crippen LogP contribution is 2.15. The summed E-state index contributed by atoms with van der Waals surface area (Å²) in [6.45, 7) is 3.30. The SMILES string of the molecule is CC(C(O)C#N)N(Cc1ccccc1)Cc1ccccc1. The van der Waals surface area contributed by atoms with Gasteiger partial charge in [0.1, 0.15) is 0 Å². The molecule has 0 aliphatic rings. The number of rotatable bonds is 6. The number of nitrogens with zero attached hydrogens (tertiary/aromatic N) is 2. The van der Waals surface area contributed by atoms with Crippen LogP contribution < -0.4 is 0 Å². The van der Waals surface area contributed by atoms with Gasteiger partial charge in [-0.1, -0.05) is 60.7 Å². The van der Waals surface area contributed by atoms with Gasteiger partial charge in [0.15, 0.2) is 6.10 Å². The van der Waals surface area contributed by atoms with Gasteiger partial charge in [-0.15, -0.1) is 0 Å². The lowest BCUT2D eigenvalue weighted by atomic mass is 10.1. The Labute approximate surface area is 126 Å². The van der Waals surface area contributed by atoms with Crippen molar-refractivity contribution in [2.75, 3.05) is 0 Å². The van der Waals surface area contributed by atoms with Crippen molar-refractivity contribution in [3.63, 3.8) is 0 Å². The Morgan fingerprint density at radius 3 is 1.76 bits per heavy atom. The third-order valence-electron chi connectivity index (χ3n) is 3.62. The molecule has 2 aromatic carbocycles. The minimum atomic E-state index is -0.988. The second-order valence-electron chi connectivity index (χ2n) is 5.19. The minimum absolute atomic E-state index is 0.226. The molecule has 0 aromatic heterocycles. The number of hydrogen-bond acceptors (Lipinski definition) is 3. The van der Waals surface area contributed by atoms with Gasteiger partial charge in [-0.25, -0.2) is 0 Å². The van der Waals surface area contributed by atoms with Crippen LogP contribution in [0.15, 0.2) is 60.7 Å². The van der Waals surface area contributed by atoms with Gasteiger partial charge in [-0.2, -0.15) is 5.26 Å². The van der Waals surface area contributed by atoms with Crippen LogP contribution >= 0.6 is 0 Å². The molecule has 108 valence electrons. The van der Waals surface area contributed by atoms with Crippen molar-refractivity contribution in [3.8, 4) is 6.07 Å². The van der Waals surface area contributed by atoms with Crippen LogP contribution in [0.2, 0.25) is 0 Å². The van der Waals surface area contributed by atoms with Crippen molar-refractivity contribution in [3.05, 3.63) is 71.8 Å². The monoisotopic (exact) mass is 280 g/mol. The van der Waals surface area contributed by atoms with Gasteiger partial charge in [0.25, 0.3) is 0 Å². The third kappa shape index (κ3) is 4.42. The summed E-state index contributed by atoms with van der Waals surface area (Å²) in [6, 6.07) is 21.9. The van der Waals surface area contributed by atoms with E-state index in [1.165, 1.54) is 11.1 Å². The van der Waals surface area contributed by atoms with E-state index in [-0.39, 0.29) is 6.04 Å². The number of aliphatic hydroxyl groups is 1. The molecule has 2 aromatic rings. The summed E-state index contributed by atoms with van der Waals surface area (Å²) in [6.07, 6.45) is -0.988. The molecule has 2 atom stereocenters. The van der Waals surface area contributed by atoms with E-state index in [1.54, 1.807) is 0 Å². The van der Waals surface area contributed by atoms with Gasteiger partial charge in [0.2, 0.25) is 0 Å². The molecular weight excluding hydrogens is 260 g/mol. The third-order valence-corrected chi connectivity index (χ3v) is 3.62. The van der Waals surface area contributed by atoms with Gasteiger partial charge >= 0.3 is 0 Å². The number of hydrogen-bond donors (Lipinski definition) is 1. The van der Waals surface area contributed by atoms with E-state index in [1.807, 2.05) is 49.4 Å². The van der Waals surface area contributed by atoms with E-state index < -0.39 is 6.10 Å². The normalized spacial score (nSPS) is 13.6. The van der Waals surface area contributed by atoms with Gasteiger partial charge in [-0.05, 0) is 18.1 Å². The fourth-order valence-electron chi connectivity index (χ4n) is 2.29. The highest BCUT2D eigenvalue weighted by atomic mass is 16.3. The van der Waals surface area contributed by atoms with Crippen LogP contribution in [0.25, 0.3) is 0 Å². The summed E-state index contributed by atoms with van der Waals surface area (Å²) in [4.78, 5) is 2.12. The first kappa shape index (κ1) is 15.2. The lowest BCUT2D eigenvalue weighted by molar-refractivity contribution is 0.0823. The Balaban J connectivity index is 2.16. The molecule has 0 spiro atoms. The van der Waals surface area contributed by atoms with Crippen LogP contribution in [0.5, 0.6) is 0 Å². The van der Waals surface area contributed by atoms with Crippen molar-refractivity contribution in [2.24, 2.45) is 0 Å². The molecule has 0 saturated carbocycles. The molecule has 0 radical (unpaired) electrons. The highest BCUT2D eigenvalue weighted by molar-refractivity contribution is 5.17. The standard InChI is InChI=1S/C18H20N2O/c1-15(18(21)12-19)20(13-16-8-4-2-5-9-16)14-17-10-6-3-7-11-17/h2-11,15,18,21H,13-14H2,1H3.